The molecule has 0 fully saturated rings. The maximum absolute atomic E-state index is 13.5. The van der Waals surface area contributed by atoms with Crippen molar-refractivity contribution in [2.75, 3.05) is 13.2 Å². The van der Waals surface area contributed by atoms with Crippen LogP contribution in [0.25, 0.3) is 0 Å². The predicted molar refractivity (Wildman–Crippen MR) is 87.7 cm³/mol. The number of ether oxygens (including phenoxy) is 1. The second-order valence-electron chi connectivity index (χ2n) is 5.75. The Hall–Kier alpha value is -3.09. The molecule has 0 atom stereocenters. The van der Waals surface area contributed by atoms with E-state index in [2.05, 4.69) is 0 Å². The molecule has 2 amide bonds. The molecule has 0 N–H and O–H groups in total. The van der Waals surface area contributed by atoms with Crippen LogP contribution in [0.2, 0.25) is 0 Å². The van der Waals surface area contributed by atoms with E-state index in [0.717, 1.165) is 23.1 Å². The van der Waals surface area contributed by atoms with E-state index in [1.54, 1.807) is 24.3 Å². The maximum atomic E-state index is 13.5. The second kappa shape index (κ2) is 7.43. The van der Waals surface area contributed by atoms with E-state index in [-0.39, 0.29) is 25.0 Å². The molecule has 0 unspecified atom stereocenters. The first-order valence-corrected chi connectivity index (χ1v) is 8.07. The molecule has 26 heavy (non-hydrogen) atoms. The molecule has 0 aromatic heterocycles. The van der Waals surface area contributed by atoms with Crippen LogP contribution in [-0.4, -0.2) is 35.8 Å². The summed E-state index contributed by atoms with van der Waals surface area (Å²) in [6.45, 7) is 0.105. The lowest BCUT2D eigenvalue weighted by atomic mass is 10.1. The first-order valence-electron chi connectivity index (χ1n) is 8.07. The number of halogens is 2. The molecule has 0 spiro atoms. The summed E-state index contributed by atoms with van der Waals surface area (Å²) >= 11 is 0. The topological polar surface area (TPSA) is 63.7 Å². The Morgan fingerprint density at radius 1 is 0.885 bits per heavy atom. The molecule has 2 aromatic rings. The quantitative estimate of drug-likeness (QED) is 0.451. The van der Waals surface area contributed by atoms with E-state index in [4.69, 9.17) is 4.74 Å². The van der Waals surface area contributed by atoms with Crippen LogP contribution in [0.3, 0.4) is 0 Å². The van der Waals surface area contributed by atoms with Gasteiger partial charge in [-0.3, -0.25) is 14.5 Å². The summed E-state index contributed by atoms with van der Waals surface area (Å²) in [5.41, 5.74) is 0.0192. The Labute approximate surface area is 148 Å². The number of unbranched alkanes of at least 4 members (excludes halogenated alkanes) is 1. The molecule has 134 valence electrons. The van der Waals surface area contributed by atoms with Gasteiger partial charge >= 0.3 is 5.97 Å². The summed E-state index contributed by atoms with van der Waals surface area (Å²) in [6, 6.07) is 9.68. The molecule has 0 saturated carbocycles. The number of hydrogen-bond donors (Lipinski definition) is 0. The van der Waals surface area contributed by atoms with Crippen LogP contribution in [0.5, 0.6) is 0 Å². The van der Waals surface area contributed by atoms with Gasteiger partial charge in [-0.15, -0.1) is 0 Å². The molecular weight excluding hydrogens is 344 g/mol. The third-order valence-electron chi connectivity index (χ3n) is 4.05. The summed E-state index contributed by atoms with van der Waals surface area (Å²) in [7, 11) is 0. The number of esters is 1. The van der Waals surface area contributed by atoms with Gasteiger partial charge in [-0.2, -0.15) is 0 Å². The number of carbonyl (C=O) groups excluding carboxylic acids is 3. The number of rotatable bonds is 6. The Morgan fingerprint density at radius 3 is 2.04 bits per heavy atom. The van der Waals surface area contributed by atoms with Crippen LogP contribution in [0.1, 0.15) is 43.9 Å². The van der Waals surface area contributed by atoms with Crippen molar-refractivity contribution in [1.29, 1.82) is 0 Å². The van der Waals surface area contributed by atoms with Crippen molar-refractivity contribution >= 4 is 17.8 Å². The van der Waals surface area contributed by atoms with Crippen molar-refractivity contribution in [2.45, 2.75) is 12.8 Å². The van der Waals surface area contributed by atoms with Gasteiger partial charge in [0.05, 0.1) is 17.7 Å². The molecule has 1 aliphatic rings. The largest absolute Gasteiger partial charge is 0.462 e. The Morgan fingerprint density at radius 2 is 1.46 bits per heavy atom. The molecule has 0 bridgehead atoms. The molecular formula is C19H15F2NO4. The zero-order valence-corrected chi connectivity index (χ0v) is 13.7. The molecule has 5 nitrogen and oxygen atoms in total. The van der Waals surface area contributed by atoms with Crippen molar-refractivity contribution in [3.05, 3.63) is 70.8 Å². The van der Waals surface area contributed by atoms with Crippen molar-refractivity contribution < 1.29 is 27.9 Å². The third kappa shape index (κ3) is 3.33. The molecule has 1 aliphatic heterocycles. The number of nitrogens with zero attached hydrogens (tertiary/aromatic N) is 1. The van der Waals surface area contributed by atoms with Crippen molar-refractivity contribution in [3.63, 3.8) is 0 Å². The molecule has 7 heteroatoms. The predicted octanol–water partition coefficient (Wildman–Crippen LogP) is 3.20. The van der Waals surface area contributed by atoms with Gasteiger partial charge in [0.2, 0.25) is 0 Å². The average molecular weight is 359 g/mol. The first kappa shape index (κ1) is 17.7. The van der Waals surface area contributed by atoms with Crippen molar-refractivity contribution in [3.8, 4) is 0 Å². The fourth-order valence-electron chi connectivity index (χ4n) is 2.74. The minimum absolute atomic E-state index is 0.0736. The zero-order valence-electron chi connectivity index (χ0n) is 13.7. The van der Waals surface area contributed by atoms with Gasteiger partial charge in [0.25, 0.3) is 11.8 Å². The fraction of sp³-hybridized carbons (Fsp3) is 0.211. The highest BCUT2D eigenvalue weighted by Crippen LogP contribution is 2.22. The lowest BCUT2D eigenvalue weighted by Gasteiger charge is -2.13. The van der Waals surface area contributed by atoms with Crippen LogP contribution in [0, 0.1) is 11.6 Å². The average Bonchev–Trinajstić information content (AvgIpc) is 2.86. The SMILES string of the molecule is O=C(OCCCCN1C(=O)c2ccccc2C1=O)c1c(F)cccc1F. The molecule has 0 radical (unpaired) electrons. The van der Waals surface area contributed by atoms with E-state index in [1.165, 1.54) is 0 Å². The lowest BCUT2D eigenvalue weighted by Crippen LogP contribution is -2.30. The number of amides is 2. The van der Waals surface area contributed by atoms with Crippen LogP contribution in [0.4, 0.5) is 8.78 Å². The third-order valence-corrected chi connectivity index (χ3v) is 4.05. The highest BCUT2D eigenvalue weighted by atomic mass is 19.1. The van der Waals surface area contributed by atoms with E-state index in [9.17, 15) is 23.2 Å². The van der Waals surface area contributed by atoms with Gasteiger partial charge < -0.3 is 4.74 Å². The summed E-state index contributed by atoms with van der Waals surface area (Å²) < 4.78 is 31.8. The van der Waals surface area contributed by atoms with Crippen LogP contribution in [-0.2, 0) is 4.74 Å². The van der Waals surface area contributed by atoms with E-state index < -0.39 is 23.2 Å². The normalized spacial score (nSPS) is 13.1. The highest BCUT2D eigenvalue weighted by molar-refractivity contribution is 6.21. The zero-order chi connectivity index (χ0) is 18.7. The Balaban J connectivity index is 1.48. The van der Waals surface area contributed by atoms with Crippen LogP contribution >= 0.6 is 0 Å². The number of imide groups is 1. The standard InChI is InChI=1S/C19H15F2NO4/c20-14-8-5-9-15(21)16(14)19(25)26-11-4-3-10-22-17(23)12-6-1-2-7-13(12)18(22)24/h1-2,5-9H,3-4,10-11H2. The van der Waals surface area contributed by atoms with Gasteiger partial charge in [0.15, 0.2) is 0 Å². The molecule has 0 aliphatic carbocycles. The van der Waals surface area contributed by atoms with Gasteiger partial charge in [0, 0.05) is 6.54 Å². The molecule has 3 rings (SSSR count). The molecule has 1 heterocycles. The number of hydrogen-bond acceptors (Lipinski definition) is 4. The number of benzene rings is 2. The van der Waals surface area contributed by atoms with Gasteiger partial charge in [0.1, 0.15) is 17.2 Å². The fourth-order valence-corrected chi connectivity index (χ4v) is 2.74. The summed E-state index contributed by atoms with van der Waals surface area (Å²) in [4.78, 5) is 37.2. The Bertz CT molecular complexity index is 826. The highest BCUT2D eigenvalue weighted by Gasteiger charge is 2.34. The minimum atomic E-state index is -1.08. The van der Waals surface area contributed by atoms with Crippen LogP contribution < -0.4 is 0 Å². The lowest BCUT2D eigenvalue weighted by molar-refractivity contribution is 0.0475. The van der Waals surface area contributed by atoms with E-state index in [1.807, 2.05) is 0 Å². The van der Waals surface area contributed by atoms with Gasteiger partial charge in [-0.25, -0.2) is 13.6 Å². The Kier molecular flexibility index (Phi) is 5.06. The van der Waals surface area contributed by atoms with Gasteiger partial charge in [-0.05, 0) is 37.1 Å². The molecule has 0 saturated heterocycles. The monoisotopic (exact) mass is 359 g/mol. The number of fused-ring (bicyclic) bond motifs is 1. The minimum Gasteiger partial charge on any atom is -0.462 e. The first-order chi connectivity index (χ1) is 12.5. The van der Waals surface area contributed by atoms with Crippen molar-refractivity contribution in [1.82, 2.24) is 4.90 Å². The van der Waals surface area contributed by atoms with E-state index >= 15 is 0 Å². The van der Waals surface area contributed by atoms with E-state index in [0.29, 0.717) is 24.0 Å². The summed E-state index contributed by atoms with van der Waals surface area (Å²) in [5.74, 6) is -3.75. The summed E-state index contributed by atoms with van der Waals surface area (Å²) in [6.07, 6.45) is 0.744. The smallest absolute Gasteiger partial charge is 0.344 e. The van der Waals surface area contributed by atoms with Crippen molar-refractivity contribution in [2.24, 2.45) is 0 Å². The van der Waals surface area contributed by atoms with Gasteiger partial charge in [-0.1, -0.05) is 18.2 Å². The maximum Gasteiger partial charge on any atom is 0.344 e. The molecule has 2 aromatic carbocycles. The summed E-state index contributed by atoms with van der Waals surface area (Å²) in [5, 5.41) is 0. The second-order valence-corrected chi connectivity index (χ2v) is 5.75. The van der Waals surface area contributed by atoms with Crippen LogP contribution in [0.15, 0.2) is 42.5 Å². The number of carbonyl (C=O) groups is 3.